The lowest BCUT2D eigenvalue weighted by atomic mass is 9.66. The Morgan fingerprint density at radius 3 is 1.93 bits per heavy atom. The summed E-state index contributed by atoms with van der Waals surface area (Å²) in [5.74, 6) is 0. The molecule has 2 atom stereocenters. The maximum Gasteiger partial charge on any atom is 0.0710 e. The third-order valence-corrected chi connectivity index (χ3v) is 4.00. The van der Waals surface area contributed by atoms with Crippen molar-refractivity contribution in [2.24, 2.45) is 0 Å². The Labute approximate surface area is 93.1 Å². The highest BCUT2D eigenvalue weighted by molar-refractivity contribution is 5.28. The normalized spacial score (nSPS) is 19.3. The average molecular weight is 206 g/mol. The molecule has 0 fully saturated rings. The van der Waals surface area contributed by atoms with Crippen molar-refractivity contribution in [1.29, 1.82) is 0 Å². The van der Waals surface area contributed by atoms with Crippen LogP contribution in [0.15, 0.2) is 30.3 Å². The van der Waals surface area contributed by atoms with Crippen molar-refractivity contribution in [3.05, 3.63) is 35.9 Å². The van der Waals surface area contributed by atoms with Crippen LogP contribution in [0.5, 0.6) is 0 Å². The first-order valence-corrected chi connectivity index (χ1v) is 5.76. The summed E-state index contributed by atoms with van der Waals surface area (Å²) in [6.07, 6.45) is 1.71. The zero-order valence-electron chi connectivity index (χ0n) is 10.2. The van der Waals surface area contributed by atoms with Crippen LogP contribution in [0.3, 0.4) is 0 Å². The second-order valence-corrected chi connectivity index (χ2v) is 4.68. The van der Waals surface area contributed by atoms with Gasteiger partial charge >= 0.3 is 0 Å². The fraction of sp³-hybridized carbons (Fsp3) is 0.571. The Bertz CT molecular complexity index is 302. The summed E-state index contributed by atoms with van der Waals surface area (Å²) < 4.78 is 0. The summed E-state index contributed by atoms with van der Waals surface area (Å²) in [5.41, 5.74) is 0.408. The van der Waals surface area contributed by atoms with Gasteiger partial charge in [0.25, 0.3) is 0 Å². The van der Waals surface area contributed by atoms with Gasteiger partial charge in [-0.25, -0.2) is 0 Å². The Morgan fingerprint density at radius 1 is 1.00 bits per heavy atom. The minimum absolute atomic E-state index is 0.164. The summed E-state index contributed by atoms with van der Waals surface area (Å²) in [5, 5.41) is 10.5. The third-order valence-electron chi connectivity index (χ3n) is 4.00. The van der Waals surface area contributed by atoms with E-state index in [1.54, 1.807) is 0 Å². The summed E-state index contributed by atoms with van der Waals surface area (Å²) >= 11 is 0. The van der Waals surface area contributed by atoms with Gasteiger partial charge in [0.05, 0.1) is 5.60 Å². The summed E-state index contributed by atoms with van der Waals surface area (Å²) in [6.45, 7) is 8.25. The van der Waals surface area contributed by atoms with Crippen LogP contribution in [-0.4, -0.2) is 10.7 Å². The zero-order chi connectivity index (χ0) is 11.5. The molecule has 1 N–H and O–H groups in total. The smallest absolute Gasteiger partial charge is 0.0710 e. The van der Waals surface area contributed by atoms with Crippen molar-refractivity contribution >= 4 is 0 Å². The van der Waals surface area contributed by atoms with Crippen LogP contribution in [-0.2, 0) is 5.41 Å². The van der Waals surface area contributed by atoms with E-state index in [-0.39, 0.29) is 5.41 Å². The average Bonchev–Trinajstić information content (AvgIpc) is 2.29. The fourth-order valence-corrected chi connectivity index (χ4v) is 2.09. The number of benzene rings is 1. The Kier molecular flexibility index (Phi) is 3.56. The van der Waals surface area contributed by atoms with E-state index in [4.69, 9.17) is 0 Å². The van der Waals surface area contributed by atoms with Gasteiger partial charge in [-0.15, -0.1) is 0 Å². The molecule has 0 saturated heterocycles. The van der Waals surface area contributed by atoms with E-state index in [0.29, 0.717) is 0 Å². The monoisotopic (exact) mass is 206 g/mol. The number of aliphatic hydroxyl groups is 1. The number of hydrogen-bond donors (Lipinski definition) is 1. The number of hydrogen-bond acceptors (Lipinski definition) is 1. The molecule has 84 valence electrons. The largest absolute Gasteiger partial charge is 0.389 e. The molecule has 1 aromatic rings. The molecule has 0 amide bonds. The highest BCUT2D eigenvalue weighted by Crippen LogP contribution is 2.39. The van der Waals surface area contributed by atoms with Gasteiger partial charge in [-0.05, 0) is 25.3 Å². The van der Waals surface area contributed by atoms with E-state index in [9.17, 15) is 5.11 Å². The first-order chi connectivity index (χ1) is 6.98. The van der Waals surface area contributed by atoms with Crippen molar-refractivity contribution < 1.29 is 5.11 Å². The lowest BCUT2D eigenvalue weighted by molar-refractivity contribution is -0.0219. The first kappa shape index (κ1) is 12.3. The molecule has 1 aromatic carbocycles. The Balaban J connectivity index is 3.17. The first-order valence-electron chi connectivity index (χ1n) is 5.76. The quantitative estimate of drug-likeness (QED) is 0.799. The molecule has 0 unspecified atom stereocenters. The highest BCUT2D eigenvalue weighted by Gasteiger charge is 2.41. The summed E-state index contributed by atoms with van der Waals surface area (Å²) in [7, 11) is 0. The Morgan fingerprint density at radius 2 is 1.53 bits per heavy atom. The lowest BCUT2D eigenvalue weighted by Gasteiger charge is -2.42. The van der Waals surface area contributed by atoms with Gasteiger partial charge in [-0.2, -0.15) is 0 Å². The van der Waals surface area contributed by atoms with Crippen LogP contribution in [0.1, 0.15) is 46.1 Å². The van der Waals surface area contributed by atoms with Crippen LogP contribution in [0, 0.1) is 0 Å². The minimum Gasteiger partial charge on any atom is -0.389 e. The molecule has 1 rings (SSSR count). The van der Waals surface area contributed by atoms with E-state index < -0.39 is 5.60 Å². The maximum absolute atomic E-state index is 10.5. The number of rotatable bonds is 4. The molecular formula is C14H22O. The van der Waals surface area contributed by atoms with Gasteiger partial charge in [0.1, 0.15) is 0 Å². The highest BCUT2D eigenvalue weighted by atomic mass is 16.3. The summed E-state index contributed by atoms with van der Waals surface area (Å²) in [6, 6.07) is 10.3. The maximum atomic E-state index is 10.5. The predicted octanol–water partition coefficient (Wildman–Crippen LogP) is 3.52. The third kappa shape index (κ3) is 2.07. The predicted molar refractivity (Wildman–Crippen MR) is 65.0 cm³/mol. The molecule has 0 aliphatic heterocycles. The van der Waals surface area contributed by atoms with E-state index in [2.05, 4.69) is 26.0 Å². The molecule has 0 aliphatic rings. The van der Waals surface area contributed by atoms with Crippen LogP contribution >= 0.6 is 0 Å². The molecular weight excluding hydrogens is 184 g/mol. The van der Waals surface area contributed by atoms with Gasteiger partial charge in [-0.3, -0.25) is 0 Å². The fourth-order valence-electron chi connectivity index (χ4n) is 2.09. The van der Waals surface area contributed by atoms with Gasteiger partial charge in [0.2, 0.25) is 0 Å². The van der Waals surface area contributed by atoms with Crippen molar-refractivity contribution in [3.8, 4) is 0 Å². The van der Waals surface area contributed by atoms with Crippen LogP contribution in [0.25, 0.3) is 0 Å². The molecule has 0 radical (unpaired) electrons. The van der Waals surface area contributed by atoms with Gasteiger partial charge in [0, 0.05) is 5.41 Å². The second kappa shape index (κ2) is 4.36. The van der Waals surface area contributed by atoms with Crippen molar-refractivity contribution in [1.82, 2.24) is 0 Å². The molecule has 0 aliphatic carbocycles. The van der Waals surface area contributed by atoms with Crippen molar-refractivity contribution in [2.45, 2.75) is 51.6 Å². The van der Waals surface area contributed by atoms with Crippen LogP contribution in [0.2, 0.25) is 0 Å². The van der Waals surface area contributed by atoms with Crippen molar-refractivity contribution in [3.63, 3.8) is 0 Å². The minimum atomic E-state index is -0.650. The standard InChI is InChI=1S/C14H22O/c1-5-13(3,14(4,15)6-2)12-10-8-7-9-11-12/h7-11,15H,5-6H2,1-4H3/t13-,14-/m0/s1. The van der Waals surface area contributed by atoms with E-state index in [1.165, 1.54) is 5.56 Å². The lowest BCUT2D eigenvalue weighted by Crippen LogP contribution is -2.46. The molecule has 0 saturated carbocycles. The molecule has 1 nitrogen and oxygen atoms in total. The van der Waals surface area contributed by atoms with Gasteiger partial charge in [-0.1, -0.05) is 51.1 Å². The van der Waals surface area contributed by atoms with Gasteiger partial charge < -0.3 is 5.11 Å². The summed E-state index contributed by atoms with van der Waals surface area (Å²) in [4.78, 5) is 0. The second-order valence-electron chi connectivity index (χ2n) is 4.68. The molecule has 0 spiro atoms. The molecule has 0 aromatic heterocycles. The van der Waals surface area contributed by atoms with E-state index >= 15 is 0 Å². The Hall–Kier alpha value is -0.820. The molecule has 0 heterocycles. The van der Waals surface area contributed by atoms with E-state index in [0.717, 1.165) is 12.8 Å². The van der Waals surface area contributed by atoms with Crippen LogP contribution in [0.4, 0.5) is 0 Å². The zero-order valence-corrected chi connectivity index (χ0v) is 10.2. The van der Waals surface area contributed by atoms with Crippen LogP contribution < -0.4 is 0 Å². The van der Waals surface area contributed by atoms with E-state index in [1.807, 2.05) is 32.0 Å². The van der Waals surface area contributed by atoms with Crippen molar-refractivity contribution in [2.75, 3.05) is 0 Å². The molecule has 15 heavy (non-hydrogen) atoms. The van der Waals surface area contributed by atoms with Gasteiger partial charge in [0.15, 0.2) is 0 Å². The molecule has 1 heteroatoms. The molecule has 0 bridgehead atoms. The topological polar surface area (TPSA) is 20.2 Å². The SMILES string of the molecule is CC[C@](C)(O)[C@@](C)(CC)c1ccccc1.